The molecular weight excluding hydrogens is 242 g/mol. The second-order valence-electron chi connectivity index (χ2n) is 5.70. The Balaban J connectivity index is 1.73. The lowest BCUT2D eigenvalue weighted by molar-refractivity contribution is 0.160. The molecule has 2 saturated heterocycles. The summed E-state index contributed by atoms with van der Waals surface area (Å²) in [5.74, 6) is 1.78. The van der Waals surface area contributed by atoms with Crippen LogP contribution in [-0.2, 0) is 4.74 Å². The molecule has 0 radical (unpaired) electrons. The lowest BCUT2D eigenvalue weighted by Gasteiger charge is -2.23. The first kappa shape index (κ1) is 11.2. The van der Waals surface area contributed by atoms with Crippen LogP contribution in [0.25, 0.3) is 5.78 Å². The zero-order chi connectivity index (χ0) is 12.9. The molecule has 4 heterocycles. The van der Waals surface area contributed by atoms with E-state index in [0.717, 1.165) is 37.8 Å². The van der Waals surface area contributed by atoms with Gasteiger partial charge in [0.1, 0.15) is 12.1 Å². The Kier molecular flexibility index (Phi) is 2.29. The van der Waals surface area contributed by atoms with Crippen LogP contribution in [0.5, 0.6) is 0 Å². The Bertz CT molecular complexity index is 617. The van der Waals surface area contributed by atoms with Gasteiger partial charge in [-0.3, -0.25) is 0 Å². The van der Waals surface area contributed by atoms with Gasteiger partial charge in [-0.15, -0.1) is 0 Å². The largest absolute Gasteiger partial charge is 0.381 e. The Labute approximate surface area is 111 Å². The van der Waals surface area contributed by atoms with Gasteiger partial charge in [-0.25, -0.2) is 4.98 Å². The lowest BCUT2D eigenvalue weighted by Crippen LogP contribution is -2.28. The predicted octanol–water partition coefficient (Wildman–Crippen LogP) is 1.05. The SMILES string of the molecule is Cc1cc(N2CC[C@@]3(CCOC3)C2)n2ncnc2n1. The zero-order valence-electron chi connectivity index (χ0n) is 11.0. The van der Waals surface area contributed by atoms with Crippen LogP contribution in [0.1, 0.15) is 18.5 Å². The number of aromatic nitrogens is 4. The fraction of sp³-hybridized carbons (Fsp3) is 0.615. The molecule has 2 aliphatic heterocycles. The third kappa shape index (κ3) is 1.70. The molecule has 0 aromatic carbocycles. The summed E-state index contributed by atoms with van der Waals surface area (Å²) < 4.78 is 7.42. The van der Waals surface area contributed by atoms with Gasteiger partial charge in [0, 0.05) is 36.9 Å². The van der Waals surface area contributed by atoms with Crippen LogP contribution in [0.3, 0.4) is 0 Å². The number of ether oxygens (including phenoxy) is 1. The Morgan fingerprint density at radius 1 is 1.37 bits per heavy atom. The maximum Gasteiger partial charge on any atom is 0.254 e. The van der Waals surface area contributed by atoms with E-state index in [1.807, 2.05) is 11.4 Å². The molecule has 2 fully saturated rings. The van der Waals surface area contributed by atoms with Gasteiger partial charge in [-0.05, 0) is 19.8 Å². The number of nitrogens with zero attached hydrogens (tertiary/aromatic N) is 5. The smallest absolute Gasteiger partial charge is 0.254 e. The quantitative estimate of drug-likeness (QED) is 0.766. The van der Waals surface area contributed by atoms with Crippen LogP contribution in [0.15, 0.2) is 12.4 Å². The van der Waals surface area contributed by atoms with Crippen molar-refractivity contribution >= 4 is 11.6 Å². The molecule has 100 valence electrons. The zero-order valence-corrected chi connectivity index (χ0v) is 11.0. The summed E-state index contributed by atoms with van der Waals surface area (Å²) >= 11 is 0. The molecule has 6 heteroatoms. The highest BCUT2D eigenvalue weighted by molar-refractivity contribution is 5.48. The Hall–Kier alpha value is -1.69. The second-order valence-corrected chi connectivity index (χ2v) is 5.70. The molecular formula is C13H17N5O. The molecule has 4 rings (SSSR count). The number of hydrogen-bond donors (Lipinski definition) is 0. The first-order valence-corrected chi connectivity index (χ1v) is 6.76. The van der Waals surface area contributed by atoms with Crippen LogP contribution in [-0.4, -0.2) is 45.9 Å². The van der Waals surface area contributed by atoms with E-state index >= 15 is 0 Å². The number of anilines is 1. The van der Waals surface area contributed by atoms with Gasteiger partial charge in [0.25, 0.3) is 5.78 Å². The molecule has 2 aliphatic rings. The lowest BCUT2D eigenvalue weighted by atomic mass is 9.87. The molecule has 0 N–H and O–H groups in total. The fourth-order valence-corrected chi connectivity index (χ4v) is 3.24. The van der Waals surface area contributed by atoms with Crippen LogP contribution < -0.4 is 4.90 Å². The van der Waals surface area contributed by atoms with E-state index in [1.54, 1.807) is 6.33 Å². The molecule has 1 spiro atoms. The van der Waals surface area contributed by atoms with E-state index < -0.39 is 0 Å². The third-order valence-electron chi connectivity index (χ3n) is 4.31. The first-order chi connectivity index (χ1) is 9.26. The maximum absolute atomic E-state index is 5.59. The summed E-state index contributed by atoms with van der Waals surface area (Å²) in [6.07, 6.45) is 3.94. The monoisotopic (exact) mass is 259 g/mol. The maximum atomic E-state index is 5.59. The minimum absolute atomic E-state index is 0.351. The van der Waals surface area contributed by atoms with Gasteiger partial charge >= 0.3 is 0 Å². The van der Waals surface area contributed by atoms with Gasteiger partial charge < -0.3 is 9.64 Å². The van der Waals surface area contributed by atoms with Crippen molar-refractivity contribution in [3.8, 4) is 0 Å². The minimum atomic E-state index is 0.351. The van der Waals surface area contributed by atoms with Crippen molar-refractivity contribution in [2.45, 2.75) is 19.8 Å². The predicted molar refractivity (Wildman–Crippen MR) is 70.2 cm³/mol. The van der Waals surface area contributed by atoms with Crippen LogP contribution in [0.2, 0.25) is 0 Å². The van der Waals surface area contributed by atoms with Crippen LogP contribution >= 0.6 is 0 Å². The first-order valence-electron chi connectivity index (χ1n) is 6.76. The van der Waals surface area contributed by atoms with Gasteiger partial charge in [0.05, 0.1) is 6.61 Å². The topological polar surface area (TPSA) is 55.6 Å². The van der Waals surface area contributed by atoms with Crippen molar-refractivity contribution in [3.63, 3.8) is 0 Å². The van der Waals surface area contributed by atoms with Crippen LogP contribution in [0, 0.1) is 12.3 Å². The standard InChI is InChI=1S/C13H17N5O/c1-10-6-11(18-12(16-10)14-9-15-18)17-4-2-13(7-17)3-5-19-8-13/h6,9H,2-5,7-8H2,1H3/t13-/m1/s1. The van der Waals surface area contributed by atoms with E-state index in [4.69, 9.17) is 4.74 Å². The number of fused-ring (bicyclic) bond motifs is 1. The van der Waals surface area contributed by atoms with Gasteiger partial charge in [0.15, 0.2) is 0 Å². The summed E-state index contributed by atoms with van der Waals surface area (Å²) in [7, 11) is 0. The molecule has 6 nitrogen and oxygen atoms in total. The minimum Gasteiger partial charge on any atom is -0.381 e. The third-order valence-corrected chi connectivity index (χ3v) is 4.31. The van der Waals surface area contributed by atoms with E-state index in [-0.39, 0.29) is 0 Å². The van der Waals surface area contributed by atoms with Gasteiger partial charge in [-0.2, -0.15) is 14.6 Å². The summed E-state index contributed by atoms with van der Waals surface area (Å²) in [6.45, 7) is 5.91. The summed E-state index contributed by atoms with van der Waals surface area (Å²) in [4.78, 5) is 11.0. The fourth-order valence-electron chi connectivity index (χ4n) is 3.24. The van der Waals surface area contributed by atoms with Crippen molar-refractivity contribution in [2.24, 2.45) is 5.41 Å². The molecule has 2 aromatic heterocycles. The van der Waals surface area contributed by atoms with Crippen molar-refractivity contribution in [1.29, 1.82) is 0 Å². The average Bonchev–Trinajstić information content (AvgIpc) is 3.11. The highest BCUT2D eigenvalue weighted by atomic mass is 16.5. The van der Waals surface area contributed by atoms with E-state index in [2.05, 4.69) is 26.0 Å². The normalized spacial score (nSPS) is 26.9. The molecule has 2 aromatic rings. The molecule has 0 unspecified atom stereocenters. The molecule has 19 heavy (non-hydrogen) atoms. The number of aryl methyl sites for hydroxylation is 1. The Morgan fingerprint density at radius 2 is 2.32 bits per heavy atom. The Morgan fingerprint density at radius 3 is 3.16 bits per heavy atom. The molecule has 0 saturated carbocycles. The van der Waals surface area contributed by atoms with E-state index in [9.17, 15) is 0 Å². The molecule has 0 amide bonds. The van der Waals surface area contributed by atoms with Crippen LogP contribution in [0.4, 0.5) is 5.82 Å². The number of rotatable bonds is 1. The molecule has 0 bridgehead atoms. The average molecular weight is 259 g/mol. The van der Waals surface area contributed by atoms with Crippen molar-refractivity contribution in [2.75, 3.05) is 31.2 Å². The molecule has 1 atom stereocenters. The van der Waals surface area contributed by atoms with Crippen molar-refractivity contribution < 1.29 is 4.74 Å². The summed E-state index contributed by atoms with van der Waals surface area (Å²) in [6, 6.07) is 2.09. The summed E-state index contributed by atoms with van der Waals surface area (Å²) in [5, 5.41) is 4.29. The number of hydrogen-bond acceptors (Lipinski definition) is 5. The van der Waals surface area contributed by atoms with Gasteiger partial charge in [-0.1, -0.05) is 0 Å². The highest BCUT2D eigenvalue weighted by Crippen LogP contribution is 2.39. The van der Waals surface area contributed by atoms with E-state index in [1.165, 1.54) is 12.8 Å². The second kappa shape index (κ2) is 3.90. The van der Waals surface area contributed by atoms with Crippen molar-refractivity contribution in [3.05, 3.63) is 18.1 Å². The summed E-state index contributed by atoms with van der Waals surface area (Å²) in [5.41, 5.74) is 1.34. The van der Waals surface area contributed by atoms with Crippen molar-refractivity contribution in [1.82, 2.24) is 19.6 Å². The highest BCUT2D eigenvalue weighted by Gasteiger charge is 2.41. The molecule has 0 aliphatic carbocycles. The van der Waals surface area contributed by atoms with E-state index in [0.29, 0.717) is 11.2 Å². The van der Waals surface area contributed by atoms with Gasteiger partial charge in [0.2, 0.25) is 0 Å².